The lowest BCUT2D eigenvalue weighted by Crippen LogP contribution is -2.52. The molecule has 1 aromatic carbocycles. The summed E-state index contributed by atoms with van der Waals surface area (Å²) in [5, 5.41) is 0. The van der Waals surface area contributed by atoms with Crippen molar-refractivity contribution in [3.8, 4) is 0 Å². The maximum absolute atomic E-state index is 5.93. The monoisotopic (exact) mass is 302 g/mol. The molecule has 122 valence electrons. The van der Waals surface area contributed by atoms with E-state index >= 15 is 0 Å². The van der Waals surface area contributed by atoms with Crippen molar-refractivity contribution in [3.63, 3.8) is 0 Å². The van der Waals surface area contributed by atoms with Gasteiger partial charge in [0.2, 0.25) is 0 Å². The van der Waals surface area contributed by atoms with Crippen LogP contribution < -0.4 is 10.6 Å². The number of hydrogen-bond donors (Lipinski definition) is 1. The highest BCUT2D eigenvalue weighted by Gasteiger charge is 2.27. The summed E-state index contributed by atoms with van der Waals surface area (Å²) in [5.74, 6) is 0. The molecule has 2 aliphatic heterocycles. The first-order chi connectivity index (χ1) is 10.7. The molecule has 0 atom stereocenters. The Morgan fingerprint density at radius 3 is 2.36 bits per heavy atom. The molecule has 0 saturated carbocycles. The minimum atomic E-state index is 0.781. The van der Waals surface area contributed by atoms with Gasteiger partial charge in [-0.15, -0.1) is 0 Å². The lowest BCUT2D eigenvalue weighted by molar-refractivity contribution is 0.0982. The largest absolute Gasteiger partial charge is 0.399 e. The van der Waals surface area contributed by atoms with E-state index in [1.165, 1.54) is 63.4 Å². The van der Waals surface area contributed by atoms with Crippen molar-refractivity contribution in [3.05, 3.63) is 23.8 Å². The topological polar surface area (TPSA) is 35.7 Å². The molecule has 0 amide bonds. The molecule has 0 bridgehead atoms. The summed E-state index contributed by atoms with van der Waals surface area (Å²) in [5.41, 5.74) is 9.60. The molecule has 4 heteroatoms. The number of piperazine rings is 1. The molecule has 0 aromatic heterocycles. The first kappa shape index (κ1) is 15.6. The van der Waals surface area contributed by atoms with E-state index in [9.17, 15) is 0 Å². The van der Waals surface area contributed by atoms with E-state index in [0.29, 0.717) is 0 Å². The molecular weight excluding hydrogens is 272 g/mol. The van der Waals surface area contributed by atoms with Crippen LogP contribution in [0.4, 0.5) is 11.4 Å². The standard InChI is InChI=1S/C18H30N4/c1-3-15-14-16(19)4-5-18(15)22-8-6-17(7-9-22)21-12-10-20(2)11-13-21/h4-5,14,17H,3,6-13,19H2,1-2H3. The lowest BCUT2D eigenvalue weighted by atomic mass is 10.00. The van der Waals surface area contributed by atoms with Crippen LogP contribution in [0.15, 0.2) is 18.2 Å². The zero-order valence-corrected chi connectivity index (χ0v) is 14.1. The van der Waals surface area contributed by atoms with Crippen LogP contribution in [0.25, 0.3) is 0 Å². The minimum absolute atomic E-state index is 0.781. The molecule has 22 heavy (non-hydrogen) atoms. The molecule has 2 saturated heterocycles. The van der Waals surface area contributed by atoms with E-state index in [2.05, 4.69) is 40.8 Å². The molecule has 2 aliphatic rings. The van der Waals surface area contributed by atoms with Crippen molar-refractivity contribution < 1.29 is 0 Å². The fraction of sp³-hybridized carbons (Fsp3) is 0.667. The smallest absolute Gasteiger partial charge is 0.0400 e. The highest BCUT2D eigenvalue weighted by molar-refractivity contribution is 5.60. The van der Waals surface area contributed by atoms with E-state index in [1.54, 1.807) is 0 Å². The van der Waals surface area contributed by atoms with Gasteiger partial charge in [-0.05, 0) is 50.1 Å². The molecule has 0 aliphatic carbocycles. The van der Waals surface area contributed by atoms with E-state index in [-0.39, 0.29) is 0 Å². The van der Waals surface area contributed by atoms with E-state index in [4.69, 9.17) is 5.73 Å². The maximum atomic E-state index is 5.93. The summed E-state index contributed by atoms with van der Waals surface area (Å²) < 4.78 is 0. The Morgan fingerprint density at radius 1 is 1.05 bits per heavy atom. The number of rotatable bonds is 3. The molecule has 2 heterocycles. The molecular formula is C18H30N4. The van der Waals surface area contributed by atoms with Gasteiger partial charge in [-0.3, -0.25) is 4.90 Å². The average Bonchev–Trinajstić information content (AvgIpc) is 2.56. The van der Waals surface area contributed by atoms with Crippen LogP contribution in [0.1, 0.15) is 25.3 Å². The number of aryl methyl sites for hydroxylation is 1. The second-order valence-electron chi connectivity index (χ2n) is 6.80. The fourth-order valence-corrected chi connectivity index (χ4v) is 3.86. The van der Waals surface area contributed by atoms with Gasteiger partial charge >= 0.3 is 0 Å². The van der Waals surface area contributed by atoms with Gasteiger partial charge in [-0.2, -0.15) is 0 Å². The Hall–Kier alpha value is -1.26. The van der Waals surface area contributed by atoms with Gasteiger partial charge in [0.05, 0.1) is 0 Å². The zero-order chi connectivity index (χ0) is 15.5. The van der Waals surface area contributed by atoms with E-state index in [0.717, 1.165) is 18.2 Å². The average molecular weight is 302 g/mol. The number of nitrogens with zero attached hydrogens (tertiary/aromatic N) is 3. The third kappa shape index (κ3) is 3.39. The molecule has 2 N–H and O–H groups in total. The fourth-order valence-electron chi connectivity index (χ4n) is 3.86. The Kier molecular flexibility index (Phi) is 4.89. The predicted octanol–water partition coefficient (Wildman–Crippen LogP) is 2.05. The highest BCUT2D eigenvalue weighted by atomic mass is 15.3. The Morgan fingerprint density at radius 2 is 1.73 bits per heavy atom. The SMILES string of the molecule is CCc1cc(N)ccc1N1CCC(N2CCN(C)CC2)CC1. The molecule has 2 fully saturated rings. The van der Waals surface area contributed by atoms with Crippen LogP contribution in [-0.2, 0) is 6.42 Å². The summed E-state index contributed by atoms with van der Waals surface area (Å²) in [6.45, 7) is 9.49. The van der Waals surface area contributed by atoms with Crippen LogP contribution in [-0.4, -0.2) is 62.2 Å². The lowest BCUT2D eigenvalue weighted by Gasteiger charge is -2.43. The van der Waals surface area contributed by atoms with Crippen molar-refractivity contribution in [1.29, 1.82) is 0 Å². The van der Waals surface area contributed by atoms with Gasteiger partial charge in [0.15, 0.2) is 0 Å². The van der Waals surface area contributed by atoms with Crippen molar-refractivity contribution in [2.24, 2.45) is 0 Å². The number of piperidine rings is 1. The number of hydrogen-bond acceptors (Lipinski definition) is 4. The summed E-state index contributed by atoms with van der Waals surface area (Å²) in [6.07, 6.45) is 3.63. The van der Waals surface area contributed by atoms with Gasteiger partial charge < -0.3 is 15.5 Å². The summed E-state index contributed by atoms with van der Waals surface area (Å²) >= 11 is 0. The molecule has 4 nitrogen and oxygen atoms in total. The minimum Gasteiger partial charge on any atom is -0.399 e. The van der Waals surface area contributed by atoms with Crippen molar-refractivity contribution in [2.45, 2.75) is 32.2 Å². The Balaban J connectivity index is 1.60. The van der Waals surface area contributed by atoms with Crippen molar-refractivity contribution >= 4 is 11.4 Å². The summed E-state index contributed by atoms with van der Waals surface area (Å²) in [6, 6.07) is 7.18. The normalized spacial score (nSPS) is 22.2. The molecule has 0 spiro atoms. The van der Waals surface area contributed by atoms with Gasteiger partial charge in [-0.25, -0.2) is 0 Å². The molecule has 3 rings (SSSR count). The van der Waals surface area contributed by atoms with Gasteiger partial charge in [0.25, 0.3) is 0 Å². The second kappa shape index (κ2) is 6.88. The molecule has 0 unspecified atom stereocenters. The third-order valence-corrected chi connectivity index (χ3v) is 5.34. The van der Waals surface area contributed by atoms with Crippen LogP contribution in [0.3, 0.4) is 0 Å². The summed E-state index contributed by atoms with van der Waals surface area (Å²) in [4.78, 5) is 7.71. The summed E-state index contributed by atoms with van der Waals surface area (Å²) in [7, 11) is 2.23. The number of likely N-dealkylation sites (N-methyl/N-ethyl adjacent to an activating group) is 1. The van der Waals surface area contributed by atoms with Crippen LogP contribution in [0.2, 0.25) is 0 Å². The zero-order valence-electron chi connectivity index (χ0n) is 14.1. The second-order valence-corrected chi connectivity index (χ2v) is 6.80. The van der Waals surface area contributed by atoms with Gasteiger partial charge in [-0.1, -0.05) is 6.92 Å². The number of nitrogens with two attached hydrogens (primary N) is 1. The van der Waals surface area contributed by atoms with E-state index < -0.39 is 0 Å². The molecule has 0 radical (unpaired) electrons. The van der Waals surface area contributed by atoms with Crippen molar-refractivity contribution in [2.75, 3.05) is 56.9 Å². The van der Waals surface area contributed by atoms with Crippen LogP contribution in [0, 0.1) is 0 Å². The quantitative estimate of drug-likeness (QED) is 0.867. The first-order valence-corrected chi connectivity index (χ1v) is 8.73. The van der Waals surface area contributed by atoms with Crippen LogP contribution >= 0.6 is 0 Å². The van der Waals surface area contributed by atoms with Crippen LogP contribution in [0.5, 0.6) is 0 Å². The predicted molar refractivity (Wildman–Crippen MR) is 94.5 cm³/mol. The molecule has 1 aromatic rings. The maximum Gasteiger partial charge on any atom is 0.0400 e. The van der Waals surface area contributed by atoms with E-state index in [1.807, 2.05) is 6.07 Å². The van der Waals surface area contributed by atoms with Gasteiger partial charge in [0.1, 0.15) is 0 Å². The number of anilines is 2. The van der Waals surface area contributed by atoms with Gasteiger partial charge in [0, 0.05) is 56.7 Å². The first-order valence-electron chi connectivity index (χ1n) is 8.73. The van der Waals surface area contributed by atoms with Crippen molar-refractivity contribution in [1.82, 2.24) is 9.80 Å². The number of benzene rings is 1. The highest BCUT2D eigenvalue weighted by Crippen LogP contribution is 2.28. The Labute approximate surface area is 134 Å². The Bertz CT molecular complexity index is 486. The number of nitrogen functional groups attached to an aromatic ring is 1. The third-order valence-electron chi connectivity index (χ3n) is 5.34.